The molecule has 0 fully saturated rings. The molecule has 0 spiro atoms. The first kappa shape index (κ1) is 11.1. The Labute approximate surface area is 106 Å². The highest BCUT2D eigenvalue weighted by atomic mass is 127. The first-order valence-corrected chi connectivity index (χ1v) is 5.73. The van der Waals surface area contributed by atoms with E-state index in [0.717, 1.165) is 9.13 Å². The number of carbonyl (C=O) groups excluding carboxylic acids is 1. The van der Waals surface area contributed by atoms with Crippen molar-refractivity contribution < 1.29 is 9.32 Å². The molecule has 0 aliphatic heterocycles. The number of rotatable bonds is 2. The Morgan fingerprint density at radius 1 is 1.44 bits per heavy atom. The number of hydrogen-bond acceptors (Lipinski definition) is 3. The molecular formula is C11H9IN2O2. The zero-order valence-electron chi connectivity index (χ0n) is 8.53. The van der Waals surface area contributed by atoms with Gasteiger partial charge in [0, 0.05) is 9.64 Å². The van der Waals surface area contributed by atoms with Gasteiger partial charge in [0.15, 0.2) is 5.82 Å². The minimum atomic E-state index is -0.179. The van der Waals surface area contributed by atoms with Crippen LogP contribution in [0.4, 0.5) is 5.82 Å². The average Bonchev–Trinajstić information content (AvgIpc) is 2.74. The van der Waals surface area contributed by atoms with Crippen molar-refractivity contribution in [2.75, 3.05) is 5.32 Å². The number of nitrogens with one attached hydrogen (secondary N) is 1. The van der Waals surface area contributed by atoms with Gasteiger partial charge < -0.3 is 9.84 Å². The summed E-state index contributed by atoms with van der Waals surface area (Å²) in [5, 5.41) is 6.28. The lowest BCUT2D eigenvalue weighted by atomic mass is 10.1. The highest BCUT2D eigenvalue weighted by Crippen LogP contribution is 2.17. The molecule has 16 heavy (non-hydrogen) atoms. The van der Waals surface area contributed by atoms with E-state index in [1.807, 2.05) is 19.1 Å². The Morgan fingerprint density at radius 2 is 2.25 bits per heavy atom. The largest absolute Gasteiger partial charge is 0.363 e. The van der Waals surface area contributed by atoms with Gasteiger partial charge in [-0.3, -0.25) is 4.79 Å². The maximum absolute atomic E-state index is 11.9. The van der Waals surface area contributed by atoms with E-state index in [1.54, 1.807) is 12.1 Å². The van der Waals surface area contributed by atoms with E-state index in [1.165, 1.54) is 6.26 Å². The van der Waals surface area contributed by atoms with Gasteiger partial charge in [0.25, 0.3) is 5.91 Å². The molecule has 0 radical (unpaired) electrons. The van der Waals surface area contributed by atoms with E-state index in [4.69, 9.17) is 0 Å². The second-order valence-corrected chi connectivity index (χ2v) is 4.35. The summed E-state index contributed by atoms with van der Waals surface area (Å²) in [4.78, 5) is 11.9. The maximum Gasteiger partial charge on any atom is 0.257 e. The summed E-state index contributed by atoms with van der Waals surface area (Å²) in [6, 6.07) is 7.20. The van der Waals surface area contributed by atoms with Crippen molar-refractivity contribution in [1.29, 1.82) is 0 Å². The van der Waals surface area contributed by atoms with Crippen LogP contribution in [0.3, 0.4) is 0 Å². The summed E-state index contributed by atoms with van der Waals surface area (Å²) in [5.41, 5.74) is 1.72. The maximum atomic E-state index is 11.9. The third kappa shape index (κ3) is 2.24. The standard InChI is InChI=1S/C11H9IN2O2/c1-7-3-2-4-8(10(7)12)11(15)13-9-5-6-16-14-9/h2-6H,1H3,(H,13,14,15). The molecule has 0 unspecified atom stereocenters. The molecule has 1 N–H and O–H groups in total. The molecule has 5 heteroatoms. The van der Waals surface area contributed by atoms with Crippen molar-refractivity contribution in [2.45, 2.75) is 6.92 Å². The van der Waals surface area contributed by atoms with Crippen molar-refractivity contribution in [3.63, 3.8) is 0 Å². The van der Waals surface area contributed by atoms with Gasteiger partial charge in [0.2, 0.25) is 0 Å². The molecule has 0 aliphatic carbocycles. The van der Waals surface area contributed by atoms with Crippen molar-refractivity contribution in [2.24, 2.45) is 0 Å². The summed E-state index contributed by atoms with van der Waals surface area (Å²) >= 11 is 2.16. The zero-order valence-corrected chi connectivity index (χ0v) is 10.7. The van der Waals surface area contributed by atoms with Crippen molar-refractivity contribution in [1.82, 2.24) is 5.16 Å². The molecule has 2 aromatic rings. The van der Waals surface area contributed by atoms with Crippen LogP contribution in [0.25, 0.3) is 0 Å². The SMILES string of the molecule is Cc1cccc(C(=O)Nc2ccon2)c1I. The van der Waals surface area contributed by atoms with Gasteiger partial charge in [-0.25, -0.2) is 0 Å². The molecule has 0 saturated carbocycles. The van der Waals surface area contributed by atoms with Crippen LogP contribution >= 0.6 is 22.6 Å². The average molecular weight is 328 g/mol. The van der Waals surface area contributed by atoms with Gasteiger partial charge in [-0.15, -0.1) is 0 Å². The van der Waals surface area contributed by atoms with E-state index in [0.29, 0.717) is 11.4 Å². The van der Waals surface area contributed by atoms with E-state index < -0.39 is 0 Å². The molecule has 82 valence electrons. The van der Waals surface area contributed by atoms with Gasteiger partial charge in [-0.05, 0) is 41.1 Å². The second kappa shape index (κ2) is 4.65. The van der Waals surface area contributed by atoms with Crippen LogP contribution in [0, 0.1) is 10.5 Å². The molecule has 0 saturated heterocycles. The first-order valence-electron chi connectivity index (χ1n) is 4.65. The smallest absolute Gasteiger partial charge is 0.257 e. The molecule has 4 nitrogen and oxygen atoms in total. The summed E-state index contributed by atoms with van der Waals surface area (Å²) in [7, 11) is 0. The molecule has 1 heterocycles. The molecular weight excluding hydrogens is 319 g/mol. The fourth-order valence-electron chi connectivity index (χ4n) is 1.28. The lowest BCUT2D eigenvalue weighted by Gasteiger charge is -2.05. The van der Waals surface area contributed by atoms with E-state index >= 15 is 0 Å². The molecule has 2 rings (SSSR count). The van der Waals surface area contributed by atoms with Crippen LogP contribution in [0.1, 0.15) is 15.9 Å². The number of nitrogens with zero attached hydrogens (tertiary/aromatic N) is 1. The monoisotopic (exact) mass is 328 g/mol. The zero-order chi connectivity index (χ0) is 11.5. The third-order valence-corrected chi connectivity index (χ3v) is 3.55. The van der Waals surface area contributed by atoms with Crippen LogP contribution in [0.5, 0.6) is 0 Å². The quantitative estimate of drug-likeness (QED) is 0.863. The minimum absolute atomic E-state index is 0.179. The number of halogens is 1. The Kier molecular flexibility index (Phi) is 3.23. The van der Waals surface area contributed by atoms with Gasteiger partial charge in [-0.1, -0.05) is 17.3 Å². The highest BCUT2D eigenvalue weighted by Gasteiger charge is 2.12. The molecule has 0 bridgehead atoms. The highest BCUT2D eigenvalue weighted by molar-refractivity contribution is 14.1. The van der Waals surface area contributed by atoms with Crippen LogP contribution in [0.2, 0.25) is 0 Å². The van der Waals surface area contributed by atoms with Crippen LogP contribution in [-0.2, 0) is 0 Å². The fourth-order valence-corrected chi connectivity index (χ4v) is 1.89. The van der Waals surface area contributed by atoms with E-state index in [9.17, 15) is 4.79 Å². The Morgan fingerprint density at radius 3 is 2.94 bits per heavy atom. The van der Waals surface area contributed by atoms with Crippen molar-refractivity contribution in [3.05, 3.63) is 45.2 Å². The van der Waals surface area contributed by atoms with Gasteiger partial charge >= 0.3 is 0 Å². The summed E-state index contributed by atoms with van der Waals surface area (Å²) < 4.78 is 5.58. The molecule has 1 aromatic carbocycles. The number of aromatic nitrogens is 1. The number of hydrogen-bond donors (Lipinski definition) is 1. The Balaban J connectivity index is 2.24. The number of carbonyl (C=O) groups is 1. The van der Waals surface area contributed by atoms with Gasteiger partial charge in [0.05, 0.1) is 5.56 Å². The van der Waals surface area contributed by atoms with Gasteiger partial charge in [0.1, 0.15) is 6.26 Å². The van der Waals surface area contributed by atoms with Gasteiger partial charge in [-0.2, -0.15) is 0 Å². The Bertz CT molecular complexity index is 509. The predicted molar refractivity (Wildman–Crippen MR) is 68.4 cm³/mol. The van der Waals surface area contributed by atoms with Crippen molar-refractivity contribution >= 4 is 34.3 Å². The lowest BCUT2D eigenvalue weighted by Crippen LogP contribution is -2.14. The van der Waals surface area contributed by atoms with E-state index in [-0.39, 0.29) is 5.91 Å². The normalized spacial score (nSPS) is 10.1. The third-order valence-electron chi connectivity index (χ3n) is 2.12. The van der Waals surface area contributed by atoms with Crippen LogP contribution in [-0.4, -0.2) is 11.1 Å². The molecule has 1 aromatic heterocycles. The predicted octanol–water partition coefficient (Wildman–Crippen LogP) is 2.84. The summed E-state index contributed by atoms with van der Waals surface area (Å²) in [6.45, 7) is 1.97. The molecule has 0 aliphatic rings. The summed E-state index contributed by atoms with van der Waals surface area (Å²) in [5.74, 6) is 0.240. The number of amides is 1. The summed E-state index contributed by atoms with van der Waals surface area (Å²) in [6.07, 6.45) is 1.41. The lowest BCUT2D eigenvalue weighted by molar-refractivity contribution is 0.102. The number of benzene rings is 1. The second-order valence-electron chi connectivity index (χ2n) is 3.28. The van der Waals surface area contributed by atoms with Crippen LogP contribution < -0.4 is 5.32 Å². The molecule has 1 amide bonds. The number of anilines is 1. The topological polar surface area (TPSA) is 55.1 Å². The minimum Gasteiger partial charge on any atom is -0.363 e. The molecule has 0 atom stereocenters. The van der Waals surface area contributed by atoms with Crippen molar-refractivity contribution in [3.8, 4) is 0 Å². The number of aryl methyl sites for hydroxylation is 1. The van der Waals surface area contributed by atoms with Crippen LogP contribution in [0.15, 0.2) is 35.1 Å². The van der Waals surface area contributed by atoms with E-state index in [2.05, 4.69) is 37.6 Å². The first-order chi connectivity index (χ1) is 7.68. The Hall–Kier alpha value is -1.37. The fraction of sp³-hybridized carbons (Fsp3) is 0.0909.